The van der Waals surface area contributed by atoms with Gasteiger partial charge in [-0.15, -0.1) is 11.3 Å². The Hall–Kier alpha value is -2.12. The number of benzene rings is 1. The Kier molecular flexibility index (Phi) is 5.95. The number of nitrogens with one attached hydrogen (secondary N) is 1. The van der Waals surface area contributed by atoms with E-state index in [4.69, 9.17) is 21.4 Å². The van der Waals surface area contributed by atoms with Crippen LogP contribution in [-0.4, -0.2) is 35.1 Å². The molecule has 23 heavy (non-hydrogen) atoms. The maximum absolute atomic E-state index is 11.8. The van der Waals surface area contributed by atoms with Crippen LogP contribution in [0.5, 0.6) is 5.75 Å². The van der Waals surface area contributed by atoms with Crippen molar-refractivity contribution in [2.24, 2.45) is 0 Å². The summed E-state index contributed by atoms with van der Waals surface area (Å²) >= 11 is 6.79. The number of aromatic carboxylic acids is 1. The second kappa shape index (κ2) is 7.94. The van der Waals surface area contributed by atoms with Crippen LogP contribution in [0.25, 0.3) is 0 Å². The monoisotopic (exact) mass is 354 g/mol. The molecule has 0 fully saturated rings. The highest BCUT2D eigenvalue weighted by Crippen LogP contribution is 2.18. The Bertz CT molecular complexity index is 700. The molecular formula is C15H15ClN2O4S. The minimum absolute atomic E-state index is 0.0553. The molecule has 0 saturated carbocycles. The number of ether oxygens (including phenoxy) is 1. The molecule has 1 aromatic heterocycles. The molecule has 0 radical (unpaired) electrons. The molecule has 0 aliphatic carbocycles. The first-order chi connectivity index (χ1) is 11.0. The van der Waals surface area contributed by atoms with Crippen LogP contribution in [0.2, 0.25) is 5.02 Å². The number of halogens is 1. The highest BCUT2D eigenvalue weighted by molar-refractivity contribution is 7.13. The van der Waals surface area contributed by atoms with Crippen LogP contribution < -0.4 is 10.1 Å². The molecule has 1 amide bonds. The number of aryl methyl sites for hydroxylation is 1. The lowest BCUT2D eigenvalue weighted by molar-refractivity contribution is -0.120. The van der Waals surface area contributed by atoms with Gasteiger partial charge in [-0.1, -0.05) is 11.6 Å². The molecule has 2 N–H and O–H groups in total. The molecule has 0 aliphatic heterocycles. The van der Waals surface area contributed by atoms with E-state index in [0.717, 1.165) is 11.3 Å². The zero-order chi connectivity index (χ0) is 16.8. The van der Waals surface area contributed by atoms with E-state index in [1.807, 2.05) is 0 Å². The Morgan fingerprint density at radius 2 is 2.04 bits per heavy atom. The summed E-state index contributed by atoms with van der Waals surface area (Å²) in [5.41, 5.74) is 0.427. The molecule has 0 bridgehead atoms. The number of carbonyl (C=O) groups is 2. The summed E-state index contributed by atoms with van der Waals surface area (Å²) in [6.07, 6.45) is 0.0553. The predicted octanol–water partition coefficient (Wildman–Crippen LogP) is 2.54. The van der Waals surface area contributed by atoms with Crippen LogP contribution in [-0.2, 0) is 11.2 Å². The van der Waals surface area contributed by atoms with Gasteiger partial charge in [0.05, 0.1) is 18.7 Å². The fourth-order valence-corrected chi connectivity index (χ4v) is 2.84. The maximum Gasteiger partial charge on any atom is 0.347 e. The number of carboxylic acid groups (broad SMARTS) is 1. The zero-order valence-electron chi connectivity index (χ0n) is 12.3. The van der Waals surface area contributed by atoms with Gasteiger partial charge in [-0.3, -0.25) is 4.79 Å². The van der Waals surface area contributed by atoms with E-state index in [-0.39, 0.29) is 17.2 Å². The van der Waals surface area contributed by atoms with Crippen molar-refractivity contribution in [3.8, 4) is 5.75 Å². The van der Waals surface area contributed by atoms with Crippen LogP contribution in [0.4, 0.5) is 0 Å². The van der Waals surface area contributed by atoms with Crippen molar-refractivity contribution >= 4 is 34.8 Å². The molecule has 1 heterocycles. The Labute approximate surface area is 142 Å². The average molecular weight is 355 g/mol. The Balaban J connectivity index is 1.74. The van der Waals surface area contributed by atoms with Crippen LogP contribution >= 0.6 is 22.9 Å². The molecule has 0 spiro atoms. The van der Waals surface area contributed by atoms with Crippen LogP contribution in [0.15, 0.2) is 24.3 Å². The molecule has 0 unspecified atom stereocenters. The van der Waals surface area contributed by atoms with Crippen LogP contribution in [0, 0.1) is 6.92 Å². The molecule has 8 heteroatoms. The summed E-state index contributed by atoms with van der Waals surface area (Å²) in [6.45, 7) is 2.28. The smallest absolute Gasteiger partial charge is 0.347 e. The number of hydrogen-bond donors (Lipinski definition) is 2. The van der Waals surface area contributed by atoms with Crippen LogP contribution in [0.1, 0.15) is 20.4 Å². The van der Waals surface area contributed by atoms with Gasteiger partial charge in [0.25, 0.3) is 0 Å². The number of carboxylic acids is 1. The second-order valence-corrected chi connectivity index (χ2v) is 6.18. The minimum Gasteiger partial charge on any atom is -0.492 e. The van der Waals surface area contributed by atoms with Gasteiger partial charge in [0, 0.05) is 5.02 Å². The molecule has 122 valence electrons. The zero-order valence-corrected chi connectivity index (χ0v) is 13.9. The molecule has 0 saturated heterocycles. The number of amides is 1. The van der Waals surface area contributed by atoms with Gasteiger partial charge >= 0.3 is 5.97 Å². The van der Waals surface area contributed by atoms with Gasteiger partial charge in [-0.05, 0) is 31.2 Å². The standard InChI is InChI=1S/C15H15ClN2O4S/c1-9-14(15(20)21)23-13(18-9)8-12(19)17-6-7-22-11-4-2-10(16)3-5-11/h2-5H,6-8H2,1H3,(H,17,19)(H,20,21). The SMILES string of the molecule is Cc1nc(CC(=O)NCCOc2ccc(Cl)cc2)sc1C(=O)O. The molecule has 0 atom stereocenters. The number of aromatic nitrogens is 1. The fourth-order valence-electron chi connectivity index (χ4n) is 1.82. The topological polar surface area (TPSA) is 88.5 Å². The summed E-state index contributed by atoms with van der Waals surface area (Å²) < 4.78 is 5.45. The van der Waals surface area contributed by atoms with E-state index < -0.39 is 5.97 Å². The first-order valence-corrected chi connectivity index (χ1v) is 8.00. The molecule has 2 aromatic rings. The third-order valence-corrected chi connectivity index (χ3v) is 4.25. The molecule has 2 rings (SSSR count). The van der Waals surface area contributed by atoms with Gasteiger partial charge < -0.3 is 15.2 Å². The van der Waals surface area contributed by atoms with Gasteiger partial charge in [0.2, 0.25) is 5.91 Å². The largest absolute Gasteiger partial charge is 0.492 e. The first-order valence-electron chi connectivity index (χ1n) is 6.80. The van der Waals surface area contributed by atoms with Gasteiger partial charge in [0.15, 0.2) is 0 Å². The average Bonchev–Trinajstić information content (AvgIpc) is 2.86. The summed E-state index contributed by atoms with van der Waals surface area (Å²) in [7, 11) is 0. The summed E-state index contributed by atoms with van der Waals surface area (Å²) in [4.78, 5) is 27.0. The quantitative estimate of drug-likeness (QED) is 0.746. The number of carbonyl (C=O) groups excluding carboxylic acids is 1. The van der Waals surface area contributed by atoms with E-state index >= 15 is 0 Å². The maximum atomic E-state index is 11.8. The van der Waals surface area contributed by atoms with Crippen molar-refractivity contribution in [1.29, 1.82) is 0 Å². The van der Waals surface area contributed by atoms with Crippen molar-refractivity contribution in [3.63, 3.8) is 0 Å². The van der Waals surface area contributed by atoms with Crippen molar-refractivity contribution < 1.29 is 19.4 Å². The third kappa shape index (κ3) is 5.22. The van der Waals surface area contributed by atoms with E-state index in [9.17, 15) is 9.59 Å². The van der Waals surface area contributed by atoms with Crippen molar-refractivity contribution in [1.82, 2.24) is 10.3 Å². The van der Waals surface area contributed by atoms with Gasteiger partial charge in [-0.2, -0.15) is 0 Å². The van der Waals surface area contributed by atoms with Crippen molar-refractivity contribution in [2.75, 3.05) is 13.2 Å². The van der Waals surface area contributed by atoms with Gasteiger partial charge in [0.1, 0.15) is 22.2 Å². The number of hydrogen-bond acceptors (Lipinski definition) is 5. The lowest BCUT2D eigenvalue weighted by Crippen LogP contribution is -2.29. The minimum atomic E-state index is -1.02. The molecular weight excluding hydrogens is 340 g/mol. The Morgan fingerprint density at radius 1 is 1.35 bits per heavy atom. The Morgan fingerprint density at radius 3 is 2.65 bits per heavy atom. The summed E-state index contributed by atoms with van der Waals surface area (Å²) in [5, 5.41) is 12.8. The molecule has 1 aromatic carbocycles. The summed E-state index contributed by atoms with van der Waals surface area (Å²) in [5.74, 6) is -0.580. The van der Waals surface area contributed by atoms with E-state index in [0.29, 0.717) is 34.6 Å². The van der Waals surface area contributed by atoms with E-state index in [1.165, 1.54) is 0 Å². The second-order valence-electron chi connectivity index (χ2n) is 4.66. The van der Waals surface area contributed by atoms with E-state index in [1.54, 1.807) is 31.2 Å². The lowest BCUT2D eigenvalue weighted by atomic mass is 10.3. The van der Waals surface area contributed by atoms with Crippen molar-refractivity contribution in [3.05, 3.63) is 44.9 Å². The lowest BCUT2D eigenvalue weighted by Gasteiger charge is -2.07. The summed E-state index contributed by atoms with van der Waals surface area (Å²) in [6, 6.07) is 6.94. The third-order valence-electron chi connectivity index (χ3n) is 2.85. The van der Waals surface area contributed by atoms with E-state index in [2.05, 4.69) is 10.3 Å². The first kappa shape index (κ1) is 17.2. The number of nitrogens with zero attached hydrogens (tertiary/aromatic N) is 1. The van der Waals surface area contributed by atoms with Crippen molar-refractivity contribution in [2.45, 2.75) is 13.3 Å². The highest BCUT2D eigenvalue weighted by atomic mass is 35.5. The normalized spacial score (nSPS) is 10.3. The predicted molar refractivity (Wildman–Crippen MR) is 87.5 cm³/mol. The number of rotatable bonds is 7. The molecule has 0 aliphatic rings. The van der Waals surface area contributed by atoms with Gasteiger partial charge in [-0.25, -0.2) is 9.78 Å². The highest BCUT2D eigenvalue weighted by Gasteiger charge is 2.15. The number of thiazole rings is 1. The molecule has 6 nitrogen and oxygen atoms in total. The fraction of sp³-hybridized carbons (Fsp3) is 0.267. The van der Waals surface area contributed by atoms with Crippen LogP contribution in [0.3, 0.4) is 0 Å².